The van der Waals surface area contributed by atoms with Crippen molar-refractivity contribution in [3.63, 3.8) is 0 Å². The van der Waals surface area contributed by atoms with Crippen molar-refractivity contribution in [2.24, 2.45) is 0 Å². The minimum Gasteiger partial charge on any atom is -0.325 e. The van der Waals surface area contributed by atoms with Gasteiger partial charge in [-0.25, -0.2) is 13.1 Å². The monoisotopic (exact) mass is 299 g/mol. The molecule has 7 heteroatoms. The largest absolute Gasteiger partial charge is 0.325 e. The first-order chi connectivity index (χ1) is 9.23. The molecule has 0 aliphatic carbocycles. The van der Waals surface area contributed by atoms with E-state index in [2.05, 4.69) is 15.4 Å². The van der Waals surface area contributed by atoms with E-state index < -0.39 is 15.6 Å². The Hall–Kier alpha value is -1.44. The van der Waals surface area contributed by atoms with E-state index in [0.29, 0.717) is 12.2 Å². The molecule has 112 valence electrons. The summed E-state index contributed by atoms with van der Waals surface area (Å²) < 4.78 is 25.4. The van der Waals surface area contributed by atoms with Gasteiger partial charge in [0.15, 0.2) is 0 Å². The second-order valence-corrected chi connectivity index (χ2v) is 6.73. The summed E-state index contributed by atoms with van der Waals surface area (Å²) in [4.78, 5) is 12.2. The van der Waals surface area contributed by atoms with Crippen LogP contribution >= 0.6 is 0 Å². The number of rotatable bonds is 6. The Bertz CT molecular complexity index is 565. The van der Waals surface area contributed by atoms with Gasteiger partial charge in [0, 0.05) is 5.69 Å². The molecular formula is C13H21N3O3S. The molecule has 0 atom stereocenters. The van der Waals surface area contributed by atoms with Crippen LogP contribution in [0, 0.1) is 0 Å². The Balaban J connectivity index is 2.84. The SMILES string of the molecule is CCNC(C)(C)C(=O)Nc1ccc(S(=O)(=O)NC)cc1. The van der Waals surface area contributed by atoms with Crippen LogP contribution in [0.5, 0.6) is 0 Å². The summed E-state index contributed by atoms with van der Waals surface area (Å²) in [6.07, 6.45) is 0. The van der Waals surface area contributed by atoms with Gasteiger partial charge in [-0.2, -0.15) is 0 Å². The van der Waals surface area contributed by atoms with E-state index >= 15 is 0 Å². The van der Waals surface area contributed by atoms with Gasteiger partial charge < -0.3 is 10.6 Å². The molecule has 3 N–H and O–H groups in total. The molecule has 0 unspecified atom stereocenters. The van der Waals surface area contributed by atoms with E-state index in [-0.39, 0.29) is 10.8 Å². The summed E-state index contributed by atoms with van der Waals surface area (Å²) >= 11 is 0. The molecule has 1 rings (SSSR count). The number of sulfonamides is 1. The lowest BCUT2D eigenvalue weighted by atomic mass is 10.0. The first-order valence-electron chi connectivity index (χ1n) is 6.33. The fourth-order valence-corrected chi connectivity index (χ4v) is 2.37. The zero-order chi connectivity index (χ0) is 15.4. The molecule has 0 fully saturated rings. The van der Waals surface area contributed by atoms with Crippen LogP contribution < -0.4 is 15.4 Å². The third-order valence-electron chi connectivity index (χ3n) is 2.88. The topological polar surface area (TPSA) is 87.3 Å². The molecule has 1 amide bonds. The van der Waals surface area contributed by atoms with Gasteiger partial charge >= 0.3 is 0 Å². The third kappa shape index (κ3) is 4.03. The van der Waals surface area contributed by atoms with Crippen LogP contribution in [0.25, 0.3) is 0 Å². The van der Waals surface area contributed by atoms with Crippen LogP contribution in [-0.2, 0) is 14.8 Å². The highest BCUT2D eigenvalue weighted by Gasteiger charge is 2.26. The molecule has 0 aromatic heterocycles. The van der Waals surface area contributed by atoms with Gasteiger partial charge in [-0.15, -0.1) is 0 Å². The lowest BCUT2D eigenvalue weighted by Gasteiger charge is -2.24. The van der Waals surface area contributed by atoms with Crippen molar-refractivity contribution in [1.82, 2.24) is 10.0 Å². The molecule has 0 spiro atoms. The Morgan fingerprint density at radius 1 is 1.20 bits per heavy atom. The number of likely N-dealkylation sites (N-methyl/N-ethyl adjacent to an activating group) is 1. The smallest absolute Gasteiger partial charge is 0.244 e. The Kier molecular flexibility index (Phi) is 5.27. The summed E-state index contributed by atoms with van der Waals surface area (Å²) in [7, 11) is -2.10. The van der Waals surface area contributed by atoms with Crippen LogP contribution in [-0.4, -0.2) is 33.5 Å². The van der Waals surface area contributed by atoms with E-state index in [1.165, 1.54) is 19.2 Å². The van der Waals surface area contributed by atoms with Crippen molar-refractivity contribution < 1.29 is 13.2 Å². The maximum atomic E-state index is 12.1. The lowest BCUT2D eigenvalue weighted by molar-refractivity contribution is -0.121. The van der Waals surface area contributed by atoms with Crippen LogP contribution in [0.1, 0.15) is 20.8 Å². The minimum atomic E-state index is -3.46. The molecule has 1 aromatic rings. The van der Waals surface area contributed by atoms with Crippen molar-refractivity contribution in [3.05, 3.63) is 24.3 Å². The van der Waals surface area contributed by atoms with Crippen molar-refractivity contribution in [2.45, 2.75) is 31.2 Å². The molecule has 6 nitrogen and oxygen atoms in total. The third-order valence-corrected chi connectivity index (χ3v) is 4.31. The molecule has 1 aromatic carbocycles. The fraction of sp³-hybridized carbons (Fsp3) is 0.462. The van der Waals surface area contributed by atoms with E-state index in [0.717, 1.165) is 0 Å². The number of nitrogens with one attached hydrogen (secondary N) is 3. The summed E-state index contributed by atoms with van der Waals surface area (Å²) in [6, 6.07) is 6.01. The highest BCUT2D eigenvalue weighted by atomic mass is 32.2. The molecule has 20 heavy (non-hydrogen) atoms. The Labute approximate surface area is 120 Å². The number of amides is 1. The quantitative estimate of drug-likeness (QED) is 0.729. The standard InChI is InChI=1S/C13H21N3O3S/c1-5-15-13(2,3)12(17)16-10-6-8-11(9-7-10)20(18,19)14-4/h6-9,14-15H,5H2,1-4H3,(H,16,17). The first-order valence-corrected chi connectivity index (χ1v) is 7.81. The van der Waals surface area contributed by atoms with Crippen molar-refractivity contribution >= 4 is 21.6 Å². The molecular weight excluding hydrogens is 278 g/mol. The van der Waals surface area contributed by atoms with Gasteiger partial charge in [0.05, 0.1) is 10.4 Å². The summed E-state index contributed by atoms with van der Waals surface area (Å²) in [5.74, 6) is -0.177. The van der Waals surface area contributed by atoms with Crippen LogP contribution in [0.15, 0.2) is 29.2 Å². The fourth-order valence-electron chi connectivity index (χ4n) is 1.64. The van der Waals surface area contributed by atoms with Gasteiger partial charge in [-0.3, -0.25) is 4.79 Å². The first kappa shape index (κ1) is 16.6. The summed E-state index contributed by atoms with van der Waals surface area (Å²) in [6.45, 7) is 6.17. The van der Waals surface area contributed by atoms with Crippen molar-refractivity contribution in [2.75, 3.05) is 18.9 Å². The van der Waals surface area contributed by atoms with E-state index in [4.69, 9.17) is 0 Å². The average molecular weight is 299 g/mol. The second kappa shape index (κ2) is 6.34. The zero-order valence-corrected chi connectivity index (χ0v) is 13.0. The number of hydrogen-bond acceptors (Lipinski definition) is 4. The van der Waals surface area contributed by atoms with Crippen molar-refractivity contribution in [3.8, 4) is 0 Å². The lowest BCUT2D eigenvalue weighted by Crippen LogP contribution is -2.49. The predicted octanol–water partition coefficient (Wildman–Crippen LogP) is 0.921. The minimum absolute atomic E-state index is 0.156. The van der Waals surface area contributed by atoms with E-state index in [1.54, 1.807) is 26.0 Å². The van der Waals surface area contributed by atoms with Gasteiger partial charge in [0.1, 0.15) is 0 Å². The number of carbonyl (C=O) groups excluding carboxylic acids is 1. The molecule has 0 radical (unpaired) electrons. The highest BCUT2D eigenvalue weighted by molar-refractivity contribution is 7.89. The van der Waals surface area contributed by atoms with Crippen LogP contribution in [0.3, 0.4) is 0 Å². The Morgan fingerprint density at radius 3 is 2.20 bits per heavy atom. The highest BCUT2D eigenvalue weighted by Crippen LogP contribution is 2.15. The van der Waals surface area contributed by atoms with Gasteiger partial charge in [0.25, 0.3) is 0 Å². The van der Waals surface area contributed by atoms with Crippen LogP contribution in [0.2, 0.25) is 0 Å². The van der Waals surface area contributed by atoms with Crippen LogP contribution in [0.4, 0.5) is 5.69 Å². The summed E-state index contributed by atoms with van der Waals surface area (Å²) in [5.41, 5.74) is -0.138. The van der Waals surface area contributed by atoms with E-state index in [9.17, 15) is 13.2 Å². The van der Waals surface area contributed by atoms with Gasteiger partial charge in [0.2, 0.25) is 15.9 Å². The molecule has 0 saturated heterocycles. The van der Waals surface area contributed by atoms with E-state index in [1.807, 2.05) is 6.92 Å². The second-order valence-electron chi connectivity index (χ2n) is 4.84. The van der Waals surface area contributed by atoms with Gasteiger partial charge in [-0.1, -0.05) is 6.92 Å². The maximum absolute atomic E-state index is 12.1. The molecule has 0 heterocycles. The van der Waals surface area contributed by atoms with Crippen molar-refractivity contribution in [1.29, 1.82) is 0 Å². The molecule has 0 bridgehead atoms. The zero-order valence-electron chi connectivity index (χ0n) is 12.1. The molecule has 0 saturated carbocycles. The number of carbonyl (C=O) groups is 1. The predicted molar refractivity (Wildman–Crippen MR) is 79.1 cm³/mol. The Morgan fingerprint density at radius 2 is 1.75 bits per heavy atom. The molecule has 0 aliphatic rings. The number of hydrogen-bond donors (Lipinski definition) is 3. The number of anilines is 1. The normalized spacial score (nSPS) is 12.2. The average Bonchev–Trinajstić information content (AvgIpc) is 2.39. The summed E-state index contributed by atoms with van der Waals surface area (Å²) in [5, 5.41) is 5.82. The van der Waals surface area contributed by atoms with Gasteiger partial charge in [-0.05, 0) is 51.7 Å². The molecule has 0 aliphatic heterocycles. The number of benzene rings is 1. The maximum Gasteiger partial charge on any atom is 0.244 e.